The number of carboxylic acids is 1. The van der Waals surface area contributed by atoms with E-state index in [2.05, 4.69) is 11.9 Å². The molecule has 1 aromatic rings. The van der Waals surface area contributed by atoms with Crippen LogP contribution in [0.15, 0.2) is 0 Å². The molecule has 18 heavy (non-hydrogen) atoms. The third-order valence-corrected chi connectivity index (χ3v) is 5.18. The van der Waals surface area contributed by atoms with Gasteiger partial charge < -0.3 is 9.84 Å². The van der Waals surface area contributed by atoms with E-state index < -0.39 is 5.97 Å². The van der Waals surface area contributed by atoms with Gasteiger partial charge in [-0.25, -0.2) is 9.78 Å². The average Bonchev–Trinajstić information content (AvgIpc) is 2.73. The molecule has 0 atom stereocenters. The molecule has 0 amide bonds. The Morgan fingerprint density at radius 2 is 2.11 bits per heavy atom. The molecular weight excluding hydrogens is 250 g/mol. The van der Waals surface area contributed by atoms with Crippen LogP contribution in [0.25, 0.3) is 0 Å². The number of aryl methyl sites for hydroxylation is 1. The van der Waals surface area contributed by atoms with Crippen LogP contribution in [0, 0.1) is 12.8 Å². The van der Waals surface area contributed by atoms with Crippen LogP contribution in [0.1, 0.15) is 53.0 Å². The zero-order valence-corrected chi connectivity index (χ0v) is 11.8. The van der Waals surface area contributed by atoms with E-state index in [1.54, 1.807) is 14.0 Å². The first-order valence-corrected chi connectivity index (χ1v) is 7.06. The molecule has 100 valence electrons. The summed E-state index contributed by atoms with van der Waals surface area (Å²) in [4.78, 5) is 15.9. The van der Waals surface area contributed by atoms with Gasteiger partial charge in [-0.1, -0.05) is 6.92 Å². The molecule has 5 heteroatoms. The second-order valence-electron chi connectivity index (χ2n) is 5.12. The molecule has 1 aromatic heterocycles. The first kappa shape index (κ1) is 13.5. The van der Waals surface area contributed by atoms with E-state index in [0.29, 0.717) is 16.5 Å². The van der Waals surface area contributed by atoms with Crippen LogP contribution in [0.5, 0.6) is 0 Å². The van der Waals surface area contributed by atoms with Crippen LogP contribution in [-0.2, 0) is 10.3 Å². The molecule has 1 aliphatic carbocycles. The Morgan fingerprint density at radius 1 is 1.50 bits per heavy atom. The number of hydrogen-bond donors (Lipinski definition) is 1. The molecule has 1 heterocycles. The van der Waals surface area contributed by atoms with Gasteiger partial charge >= 0.3 is 5.97 Å². The molecule has 1 N–H and O–H groups in total. The molecule has 0 spiro atoms. The van der Waals surface area contributed by atoms with Gasteiger partial charge in [-0.05, 0) is 38.5 Å². The first-order chi connectivity index (χ1) is 8.48. The molecule has 1 saturated carbocycles. The van der Waals surface area contributed by atoms with E-state index in [4.69, 9.17) is 9.84 Å². The van der Waals surface area contributed by atoms with Crippen LogP contribution < -0.4 is 0 Å². The van der Waals surface area contributed by atoms with Crippen molar-refractivity contribution in [3.8, 4) is 0 Å². The quantitative estimate of drug-likeness (QED) is 0.915. The number of hydrogen-bond acceptors (Lipinski definition) is 4. The highest BCUT2D eigenvalue weighted by atomic mass is 32.1. The zero-order chi connectivity index (χ0) is 13.3. The lowest BCUT2D eigenvalue weighted by Gasteiger charge is -2.36. The van der Waals surface area contributed by atoms with E-state index in [-0.39, 0.29) is 5.60 Å². The summed E-state index contributed by atoms with van der Waals surface area (Å²) < 4.78 is 5.72. The largest absolute Gasteiger partial charge is 0.477 e. The maximum atomic E-state index is 11.1. The monoisotopic (exact) mass is 269 g/mol. The highest BCUT2D eigenvalue weighted by Gasteiger charge is 2.39. The third-order valence-electron chi connectivity index (χ3n) is 3.85. The molecule has 1 aliphatic rings. The van der Waals surface area contributed by atoms with Gasteiger partial charge in [-0.15, -0.1) is 11.3 Å². The fraction of sp³-hybridized carbons (Fsp3) is 0.692. The highest BCUT2D eigenvalue weighted by Crippen LogP contribution is 2.43. The second kappa shape index (κ2) is 4.97. The van der Waals surface area contributed by atoms with E-state index in [1.165, 1.54) is 11.3 Å². The van der Waals surface area contributed by atoms with Crippen molar-refractivity contribution in [2.75, 3.05) is 7.11 Å². The van der Waals surface area contributed by atoms with Gasteiger partial charge in [-0.2, -0.15) is 0 Å². The van der Waals surface area contributed by atoms with E-state index in [0.717, 1.165) is 30.7 Å². The smallest absolute Gasteiger partial charge is 0.347 e. The van der Waals surface area contributed by atoms with Gasteiger partial charge in [0.05, 0.1) is 5.69 Å². The van der Waals surface area contributed by atoms with Crippen molar-refractivity contribution in [1.82, 2.24) is 4.98 Å². The average molecular weight is 269 g/mol. The van der Waals surface area contributed by atoms with Gasteiger partial charge in [0.25, 0.3) is 0 Å². The van der Waals surface area contributed by atoms with Crippen molar-refractivity contribution < 1.29 is 14.6 Å². The highest BCUT2D eigenvalue weighted by molar-refractivity contribution is 7.13. The number of thiazole rings is 1. The summed E-state index contributed by atoms with van der Waals surface area (Å²) in [5.74, 6) is -0.181. The predicted octanol–water partition coefficient (Wildman–Crippen LogP) is 3.20. The van der Waals surface area contributed by atoms with Gasteiger partial charge in [0, 0.05) is 7.11 Å². The number of carbonyl (C=O) groups is 1. The summed E-state index contributed by atoms with van der Waals surface area (Å²) in [7, 11) is 1.70. The van der Waals surface area contributed by atoms with Crippen LogP contribution in [0.4, 0.5) is 0 Å². The first-order valence-electron chi connectivity index (χ1n) is 6.25. The number of aromatic nitrogens is 1. The number of rotatable bonds is 3. The van der Waals surface area contributed by atoms with Gasteiger partial charge in [0.15, 0.2) is 0 Å². The van der Waals surface area contributed by atoms with Crippen molar-refractivity contribution in [2.24, 2.45) is 5.92 Å². The molecule has 0 aliphatic heterocycles. The fourth-order valence-corrected chi connectivity index (χ4v) is 3.65. The maximum Gasteiger partial charge on any atom is 0.347 e. The summed E-state index contributed by atoms with van der Waals surface area (Å²) in [5.41, 5.74) is 0.230. The fourth-order valence-electron chi connectivity index (χ4n) is 2.52. The minimum Gasteiger partial charge on any atom is -0.477 e. The number of nitrogens with zero attached hydrogens (tertiary/aromatic N) is 1. The Kier molecular flexibility index (Phi) is 3.73. The molecule has 1 fully saturated rings. The lowest BCUT2D eigenvalue weighted by molar-refractivity contribution is -0.0531. The molecule has 0 saturated heterocycles. The zero-order valence-electron chi connectivity index (χ0n) is 11.0. The standard InChI is InChI=1S/C13H19NO3S/c1-8-4-6-13(17-3,7-5-8)12-14-9(2)10(18-12)11(15)16/h8H,4-7H2,1-3H3,(H,15,16). The number of aromatic carboxylic acids is 1. The lowest BCUT2D eigenvalue weighted by Crippen LogP contribution is -2.33. The molecule has 0 bridgehead atoms. The van der Waals surface area contributed by atoms with Crippen molar-refractivity contribution in [3.63, 3.8) is 0 Å². The van der Waals surface area contributed by atoms with E-state index in [9.17, 15) is 4.79 Å². The van der Waals surface area contributed by atoms with Crippen LogP contribution in [0.3, 0.4) is 0 Å². The molecule has 0 unspecified atom stereocenters. The van der Waals surface area contributed by atoms with Crippen molar-refractivity contribution in [3.05, 3.63) is 15.6 Å². The van der Waals surface area contributed by atoms with E-state index >= 15 is 0 Å². The summed E-state index contributed by atoms with van der Waals surface area (Å²) >= 11 is 1.26. The number of carboxylic acid groups (broad SMARTS) is 1. The van der Waals surface area contributed by atoms with Crippen LogP contribution in [0.2, 0.25) is 0 Å². The Hall–Kier alpha value is -0.940. The van der Waals surface area contributed by atoms with Gasteiger partial charge in [-0.3, -0.25) is 0 Å². The van der Waals surface area contributed by atoms with Gasteiger partial charge in [0.1, 0.15) is 15.5 Å². The Labute approximate surface area is 111 Å². The second-order valence-corrected chi connectivity index (χ2v) is 6.12. The summed E-state index contributed by atoms with van der Waals surface area (Å²) in [5, 5.41) is 9.93. The molecular formula is C13H19NO3S. The van der Waals surface area contributed by atoms with Crippen molar-refractivity contribution in [1.29, 1.82) is 0 Å². The Balaban J connectivity index is 2.33. The number of methoxy groups -OCH3 is 1. The topological polar surface area (TPSA) is 59.4 Å². The Bertz CT molecular complexity index is 447. The number of ether oxygens (including phenoxy) is 1. The SMILES string of the molecule is COC1(c2nc(C)c(C(=O)O)s2)CCC(C)CC1. The normalized spacial score (nSPS) is 28.3. The van der Waals surface area contributed by atoms with Crippen molar-refractivity contribution in [2.45, 2.75) is 45.1 Å². The van der Waals surface area contributed by atoms with Gasteiger partial charge in [0.2, 0.25) is 0 Å². The Morgan fingerprint density at radius 3 is 2.56 bits per heavy atom. The lowest BCUT2D eigenvalue weighted by atomic mass is 9.80. The molecule has 4 nitrogen and oxygen atoms in total. The third kappa shape index (κ3) is 2.29. The van der Waals surface area contributed by atoms with Crippen LogP contribution >= 0.6 is 11.3 Å². The minimum atomic E-state index is -0.897. The molecule has 0 aromatic carbocycles. The predicted molar refractivity (Wildman–Crippen MR) is 70.1 cm³/mol. The maximum absolute atomic E-state index is 11.1. The van der Waals surface area contributed by atoms with Crippen LogP contribution in [-0.4, -0.2) is 23.2 Å². The van der Waals surface area contributed by atoms with E-state index in [1.807, 2.05) is 0 Å². The summed E-state index contributed by atoms with van der Waals surface area (Å²) in [6, 6.07) is 0. The minimum absolute atomic E-state index is 0.333. The molecule has 2 rings (SSSR count). The summed E-state index contributed by atoms with van der Waals surface area (Å²) in [6.07, 6.45) is 4.07. The van der Waals surface area contributed by atoms with Crippen molar-refractivity contribution >= 4 is 17.3 Å². The molecule has 0 radical (unpaired) electrons. The summed E-state index contributed by atoms with van der Waals surface area (Å²) in [6.45, 7) is 3.99.